The molecule has 0 amide bonds. The highest BCUT2D eigenvalue weighted by Crippen LogP contribution is 2.22. The minimum atomic E-state index is -1.55. The van der Waals surface area contributed by atoms with Crippen LogP contribution in [0.15, 0.2) is 16.7 Å². The highest BCUT2D eigenvalue weighted by Gasteiger charge is 2.18. The van der Waals surface area contributed by atoms with Crippen LogP contribution in [-0.2, 0) is 4.74 Å². The highest BCUT2D eigenvalue weighted by atomic mass is 19.2. The summed E-state index contributed by atoms with van der Waals surface area (Å²) in [5.41, 5.74) is 5.61. The van der Waals surface area contributed by atoms with Gasteiger partial charge in [0.05, 0.1) is 6.61 Å². The lowest BCUT2D eigenvalue weighted by Crippen LogP contribution is -2.16. The number of hydrogen-bond donors (Lipinski definition) is 1. The molecule has 0 aliphatic rings. The molecule has 2 aromatic rings. The molecule has 0 fully saturated rings. The molecule has 0 radical (unpaired) electrons. The largest absolute Gasteiger partial charge is 0.383 e. The molecule has 1 aromatic heterocycles. The molecule has 0 saturated heterocycles. The number of nitrogens with two attached hydrogens (primary N) is 1. The Morgan fingerprint density at radius 2 is 1.95 bits per heavy atom. The fraction of sp³-hybridized carbons (Fsp3) is 0.273. The second-order valence-corrected chi connectivity index (χ2v) is 3.77. The van der Waals surface area contributed by atoms with Gasteiger partial charge in [-0.2, -0.15) is 4.98 Å². The Labute approximate surface area is 106 Å². The minimum Gasteiger partial charge on any atom is -0.383 e. The minimum absolute atomic E-state index is 0.0454. The van der Waals surface area contributed by atoms with Crippen molar-refractivity contribution < 1.29 is 22.4 Å². The molecule has 2 rings (SSSR count). The molecule has 0 aliphatic heterocycles. The molecule has 0 aliphatic carbocycles. The zero-order valence-corrected chi connectivity index (χ0v) is 9.86. The predicted molar refractivity (Wildman–Crippen MR) is 58.4 cm³/mol. The van der Waals surface area contributed by atoms with Gasteiger partial charge in [0.2, 0.25) is 11.7 Å². The van der Waals surface area contributed by atoms with Gasteiger partial charge in [0.25, 0.3) is 0 Å². The molecule has 2 N–H and O–H groups in total. The second-order valence-electron chi connectivity index (χ2n) is 3.77. The average Bonchev–Trinajstić information content (AvgIpc) is 2.85. The SMILES string of the molecule is COCC(N)c1nc(-c2cc(F)c(F)c(F)c2)no1. The monoisotopic (exact) mass is 273 g/mol. The Hall–Kier alpha value is -1.93. The van der Waals surface area contributed by atoms with Crippen LogP contribution >= 0.6 is 0 Å². The molecule has 1 unspecified atom stereocenters. The summed E-state index contributed by atoms with van der Waals surface area (Å²) in [5, 5.41) is 3.52. The van der Waals surface area contributed by atoms with E-state index in [0.29, 0.717) is 0 Å². The van der Waals surface area contributed by atoms with E-state index in [0.717, 1.165) is 12.1 Å². The summed E-state index contributed by atoms with van der Waals surface area (Å²) in [6, 6.07) is 0.894. The third-order valence-corrected chi connectivity index (χ3v) is 2.35. The summed E-state index contributed by atoms with van der Waals surface area (Å²) in [6.45, 7) is 0.147. The van der Waals surface area contributed by atoms with E-state index in [9.17, 15) is 13.2 Å². The number of aromatic nitrogens is 2. The summed E-state index contributed by atoms with van der Waals surface area (Å²) in [6.07, 6.45) is 0. The number of hydrogen-bond acceptors (Lipinski definition) is 5. The first kappa shape index (κ1) is 13.5. The first-order valence-corrected chi connectivity index (χ1v) is 5.26. The smallest absolute Gasteiger partial charge is 0.246 e. The van der Waals surface area contributed by atoms with Crippen molar-refractivity contribution in [3.05, 3.63) is 35.5 Å². The van der Waals surface area contributed by atoms with Gasteiger partial charge in [-0.25, -0.2) is 13.2 Å². The van der Waals surface area contributed by atoms with Crippen molar-refractivity contribution in [3.63, 3.8) is 0 Å². The zero-order chi connectivity index (χ0) is 14.0. The van der Waals surface area contributed by atoms with Crippen molar-refractivity contribution in [1.82, 2.24) is 10.1 Å². The standard InChI is InChI=1S/C11H10F3N3O2/c1-18-4-8(15)11-16-10(17-19-11)5-2-6(12)9(14)7(13)3-5/h2-3,8H,4,15H2,1H3. The molecule has 19 heavy (non-hydrogen) atoms. The lowest BCUT2D eigenvalue weighted by molar-refractivity contribution is 0.166. The molecular formula is C11H10F3N3O2. The van der Waals surface area contributed by atoms with Crippen molar-refractivity contribution in [2.24, 2.45) is 5.73 Å². The van der Waals surface area contributed by atoms with E-state index in [1.54, 1.807) is 0 Å². The first-order valence-electron chi connectivity index (χ1n) is 5.26. The number of nitrogens with zero attached hydrogens (tertiary/aromatic N) is 2. The summed E-state index contributed by atoms with van der Waals surface area (Å²) in [5.74, 6) is -4.24. The normalized spacial score (nSPS) is 12.7. The number of methoxy groups -OCH3 is 1. The Morgan fingerprint density at radius 1 is 1.32 bits per heavy atom. The first-order chi connectivity index (χ1) is 9.02. The molecule has 8 heteroatoms. The van der Waals surface area contributed by atoms with E-state index in [1.807, 2.05) is 0 Å². The van der Waals surface area contributed by atoms with Crippen LogP contribution in [0.25, 0.3) is 11.4 Å². The van der Waals surface area contributed by atoms with Gasteiger partial charge in [0, 0.05) is 12.7 Å². The summed E-state index contributed by atoms with van der Waals surface area (Å²) < 4.78 is 48.6. The number of benzene rings is 1. The number of rotatable bonds is 4. The highest BCUT2D eigenvalue weighted by molar-refractivity contribution is 5.54. The molecule has 1 atom stereocenters. The Bertz CT molecular complexity index is 565. The van der Waals surface area contributed by atoms with Crippen molar-refractivity contribution in [2.75, 3.05) is 13.7 Å². The third kappa shape index (κ3) is 2.74. The molecule has 5 nitrogen and oxygen atoms in total. The van der Waals surface area contributed by atoms with E-state index in [-0.39, 0.29) is 23.9 Å². The van der Waals surface area contributed by atoms with Crippen molar-refractivity contribution in [2.45, 2.75) is 6.04 Å². The van der Waals surface area contributed by atoms with E-state index >= 15 is 0 Å². The van der Waals surface area contributed by atoms with Crippen molar-refractivity contribution in [3.8, 4) is 11.4 Å². The Balaban J connectivity index is 2.33. The average molecular weight is 273 g/mol. The lowest BCUT2D eigenvalue weighted by atomic mass is 10.2. The van der Waals surface area contributed by atoms with Crippen molar-refractivity contribution >= 4 is 0 Å². The van der Waals surface area contributed by atoms with Gasteiger partial charge in [0.1, 0.15) is 6.04 Å². The van der Waals surface area contributed by atoms with Crippen LogP contribution in [0, 0.1) is 17.5 Å². The Kier molecular flexibility index (Phi) is 3.82. The van der Waals surface area contributed by atoms with Gasteiger partial charge in [-0.1, -0.05) is 5.16 Å². The summed E-state index contributed by atoms with van der Waals surface area (Å²) in [4.78, 5) is 3.87. The Morgan fingerprint density at radius 3 is 2.53 bits per heavy atom. The second kappa shape index (κ2) is 5.37. The fourth-order valence-electron chi connectivity index (χ4n) is 1.44. The molecular weight excluding hydrogens is 263 g/mol. The van der Waals surface area contributed by atoms with Crippen molar-refractivity contribution in [1.29, 1.82) is 0 Å². The number of ether oxygens (including phenoxy) is 1. The van der Waals surface area contributed by atoms with Gasteiger partial charge >= 0.3 is 0 Å². The molecule has 0 bridgehead atoms. The fourth-order valence-corrected chi connectivity index (χ4v) is 1.44. The van der Waals surface area contributed by atoms with E-state index in [1.165, 1.54) is 7.11 Å². The van der Waals surface area contributed by atoms with Gasteiger partial charge in [-0.05, 0) is 12.1 Å². The van der Waals surface area contributed by atoms with Crippen LogP contribution in [0.5, 0.6) is 0 Å². The van der Waals surface area contributed by atoms with Crippen LogP contribution in [0.2, 0.25) is 0 Å². The van der Waals surface area contributed by atoms with Gasteiger partial charge < -0.3 is 15.0 Å². The maximum atomic E-state index is 13.1. The van der Waals surface area contributed by atoms with Gasteiger partial charge in [-0.15, -0.1) is 0 Å². The van der Waals surface area contributed by atoms with Crippen LogP contribution in [0.1, 0.15) is 11.9 Å². The molecule has 102 valence electrons. The predicted octanol–water partition coefficient (Wildman–Crippen LogP) is 1.80. The van der Waals surface area contributed by atoms with E-state index in [2.05, 4.69) is 10.1 Å². The van der Waals surface area contributed by atoms with Gasteiger partial charge in [-0.3, -0.25) is 0 Å². The van der Waals surface area contributed by atoms with Crippen LogP contribution in [0.4, 0.5) is 13.2 Å². The molecule has 1 aromatic carbocycles. The molecule has 0 saturated carbocycles. The van der Waals surface area contributed by atoms with Crippen LogP contribution in [-0.4, -0.2) is 23.9 Å². The number of halogens is 3. The zero-order valence-electron chi connectivity index (χ0n) is 9.86. The lowest BCUT2D eigenvalue weighted by Gasteiger charge is -2.03. The topological polar surface area (TPSA) is 74.2 Å². The van der Waals surface area contributed by atoms with Crippen LogP contribution in [0.3, 0.4) is 0 Å². The quantitative estimate of drug-likeness (QED) is 0.860. The van der Waals surface area contributed by atoms with Gasteiger partial charge in [0.15, 0.2) is 17.5 Å². The molecule has 1 heterocycles. The summed E-state index contributed by atoms with van der Waals surface area (Å²) in [7, 11) is 1.45. The maximum Gasteiger partial charge on any atom is 0.246 e. The molecule has 0 spiro atoms. The summed E-state index contributed by atoms with van der Waals surface area (Å²) >= 11 is 0. The van der Waals surface area contributed by atoms with E-state index < -0.39 is 23.5 Å². The van der Waals surface area contributed by atoms with Crippen LogP contribution < -0.4 is 5.73 Å². The maximum absolute atomic E-state index is 13.1. The third-order valence-electron chi connectivity index (χ3n) is 2.35. The van der Waals surface area contributed by atoms with E-state index in [4.69, 9.17) is 15.0 Å².